The molecular weight excluding hydrogens is 947 g/mol. The molecule has 0 amide bonds. The molecule has 0 atom stereocenters. The normalized spacial score (nSPS) is 11.1. The summed E-state index contributed by atoms with van der Waals surface area (Å²) >= 11 is 4.08. The third kappa shape index (κ3) is 36.3. The standard InChI is InChI=1S/C50H90N2S2.2HI/c1-3-5-7-9-11-13-15-17-19-21-23-25-29-33-41-51-43-37-49(38-44-51)53-47-35-31-27-28-32-36-48-54-50-39-45-52(46-40-50)42-34-30-26-24-22-20-18-16-14-12-10-8-6-4-2;;/h37-40,43-46H,3-36,41-42,47-48H2,1-2H3;2*1H/q+2;;/p-2. The van der Waals surface area contributed by atoms with E-state index in [-0.39, 0.29) is 48.0 Å². The molecule has 2 rings (SSSR count). The summed E-state index contributed by atoms with van der Waals surface area (Å²) in [5, 5.41) is 0. The van der Waals surface area contributed by atoms with Crippen LogP contribution in [0.2, 0.25) is 0 Å². The van der Waals surface area contributed by atoms with Crippen LogP contribution in [0.4, 0.5) is 0 Å². The van der Waals surface area contributed by atoms with E-state index in [1.807, 2.05) is 23.5 Å². The van der Waals surface area contributed by atoms with Crippen LogP contribution < -0.4 is 57.1 Å². The molecule has 0 aliphatic rings. The van der Waals surface area contributed by atoms with Crippen LogP contribution in [0, 0.1) is 0 Å². The molecule has 0 bridgehead atoms. The van der Waals surface area contributed by atoms with Crippen molar-refractivity contribution >= 4 is 23.5 Å². The first kappa shape index (κ1) is 56.5. The minimum Gasteiger partial charge on any atom is -1.00 e. The molecule has 2 heterocycles. The van der Waals surface area contributed by atoms with Crippen LogP contribution in [0.1, 0.15) is 232 Å². The van der Waals surface area contributed by atoms with Crippen molar-refractivity contribution in [1.29, 1.82) is 0 Å². The second-order valence-electron chi connectivity index (χ2n) is 16.6. The zero-order valence-corrected chi connectivity index (χ0v) is 42.9. The van der Waals surface area contributed by atoms with Gasteiger partial charge in [0.25, 0.3) is 0 Å². The number of thioether (sulfide) groups is 2. The Morgan fingerprint density at radius 3 is 0.768 bits per heavy atom. The number of pyridine rings is 2. The molecule has 2 aromatic heterocycles. The molecule has 0 saturated carbocycles. The number of hydrogen-bond donors (Lipinski definition) is 0. The van der Waals surface area contributed by atoms with Crippen molar-refractivity contribution in [3.05, 3.63) is 49.1 Å². The van der Waals surface area contributed by atoms with Crippen LogP contribution >= 0.6 is 23.5 Å². The highest BCUT2D eigenvalue weighted by atomic mass is 127. The third-order valence-electron chi connectivity index (χ3n) is 11.3. The fraction of sp³-hybridized carbons (Fsp3) is 0.800. The van der Waals surface area contributed by atoms with Crippen molar-refractivity contribution in [2.75, 3.05) is 11.5 Å². The van der Waals surface area contributed by atoms with E-state index in [2.05, 4.69) is 72.0 Å². The Morgan fingerprint density at radius 1 is 0.304 bits per heavy atom. The van der Waals surface area contributed by atoms with Crippen molar-refractivity contribution in [2.24, 2.45) is 0 Å². The van der Waals surface area contributed by atoms with Crippen molar-refractivity contribution in [3.63, 3.8) is 0 Å². The van der Waals surface area contributed by atoms with Crippen molar-refractivity contribution < 1.29 is 57.1 Å². The van der Waals surface area contributed by atoms with Gasteiger partial charge < -0.3 is 48.0 Å². The average Bonchev–Trinajstić information content (AvgIpc) is 3.20. The highest BCUT2D eigenvalue weighted by molar-refractivity contribution is 7.99. The van der Waals surface area contributed by atoms with Gasteiger partial charge in [0, 0.05) is 46.9 Å². The fourth-order valence-electron chi connectivity index (χ4n) is 7.65. The summed E-state index contributed by atoms with van der Waals surface area (Å²) in [4.78, 5) is 2.87. The van der Waals surface area contributed by atoms with Crippen molar-refractivity contribution in [2.45, 2.75) is 255 Å². The van der Waals surface area contributed by atoms with Crippen LogP contribution in [0.5, 0.6) is 0 Å². The molecule has 0 aliphatic heterocycles. The van der Waals surface area contributed by atoms with Gasteiger partial charge in [-0.2, -0.15) is 0 Å². The first-order valence-electron chi connectivity index (χ1n) is 24.1. The first-order chi connectivity index (χ1) is 26.8. The Hall–Kier alpha value is 0.460. The van der Waals surface area contributed by atoms with E-state index in [0.717, 1.165) is 0 Å². The molecule has 2 nitrogen and oxygen atoms in total. The molecular formula is C50H90I2N2S2. The maximum Gasteiger partial charge on any atom is 0.169 e. The molecule has 2 aromatic rings. The van der Waals surface area contributed by atoms with Crippen LogP contribution in [0.15, 0.2) is 58.8 Å². The van der Waals surface area contributed by atoms with Gasteiger partial charge in [-0.25, -0.2) is 9.13 Å². The zero-order chi connectivity index (χ0) is 38.3. The van der Waals surface area contributed by atoms with E-state index >= 15 is 0 Å². The number of nitrogens with zero attached hydrogens (tertiary/aromatic N) is 2. The Balaban J connectivity index is 0.0000151. The van der Waals surface area contributed by atoms with E-state index in [9.17, 15) is 0 Å². The zero-order valence-electron chi connectivity index (χ0n) is 37.0. The van der Waals surface area contributed by atoms with Crippen LogP contribution in [0.25, 0.3) is 0 Å². The summed E-state index contributed by atoms with van der Waals surface area (Å²) in [6, 6.07) is 9.33. The Bertz CT molecular complexity index is 953. The molecule has 0 aromatic carbocycles. The summed E-state index contributed by atoms with van der Waals surface area (Å²) in [5.41, 5.74) is 0. The molecule has 0 aliphatic carbocycles. The molecule has 56 heavy (non-hydrogen) atoms. The molecule has 0 spiro atoms. The fourth-order valence-corrected chi connectivity index (χ4v) is 9.44. The second-order valence-corrected chi connectivity index (χ2v) is 18.9. The van der Waals surface area contributed by atoms with E-state index in [1.54, 1.807) is 0 Å². The summed E-state index contributed by atoms with van der Waals surface area (Å²) < 4.78 is 4.78. The second kappa shape index (κ2) is 45.0. The predicted molar refractivity (Wildman–Crippen MR) is 243 cm³/mol. The minimum atomic E-state index is 0. The van der Waals surface area contributed by atoms with Crippen molar-refractivity contribution in [3.8, 4) is 0 Å². The lowest BCUT2D eigenvalue weighted by Crippen LogP contribution is -3.00. The summed E-state index contributed by atoms with van der Waals surface area (Å²) in [7, 11) is 0. The number of halogens is 2. The molecule has 6 heteroatoms. The molecule has 0 fully saturated rings. The highest BCUT2D eigenvalue weighted by Gasteiger charge is 2.04. The average molecular weight is 1040 g/mol. The molecule has 0 radical (unpaired) electrons. The van der Waals surface area contributed by atoms with Gasteiger partial charge in [-0.3, -0.25) is 0 Å². The monoisotopic (exact) mass is 1040 g/mol. The predicted octanol–water partition coefficient (Wildman–Crippen LogP) is 10.5. The topological polar surface area (TPSA) is 7.76 Å². The van der Waals surface area contributed by atoms with Gasteiger partial charge >= 0.3 is 0 Å². The number of hydrogen-bond acceptors (Lipinski definition) is 2. The number of rotatable bonds is 41. The highest BCUT2D eigenvalue weighted by Crippen LogP contribution is 2.21. The third-order valence-corrected chi connectivity index (χ3v) is 13.5. The number of aryl methyl sites for hydroxylation is 2. The van der Waals surface area contributed by atoms with Gasteiger partial charge in [0.2, 0.25) is 0 Å². The lowest BCUT2D eigenvalue weighted by molar-refractivity contribution is -0.697. The van der Waals surface area contributed by atoms with Gasteiger partial charge in [0.1, 0.15) is 13.1 Å². The van der Waals surface area contributed by atoms with Gasteiger partial charge in [-0.15, -0.1) is 23.5 Å². The van der Waals surface area contributed by atoms with Gasteiger partial charge in [0.15, 0.2) is 24.8 Å². The lowest BCUT2D eigenvalue weighted by Gasteiger charge is -2.04. The maximum atomic E-state index is 2.39. The first-order valence-corrected chi connectivity index (χ1v) is 26.0. The molecule has 0 saturated heterocycles. The Labute approximate surface area is 392 Å². The summed E-state index contributed by atoms with van der Waals surface area (Å²) in [5.74, 6) is 2.51. The van der Waals surface area contributed by atoms with E-state index in [0.29, 0.717) is 0 Å². The van der Waals surface area contributed by atoms with Crippen LogP contribution in [-0.2, 0) is 13.1 Å². The Kier molecular flexibility index (Phi) is 45.4. The van der Waals surface area contributed by atoms with Crippen LogP contribution in [-0.4, -0.2) is 11.5 Å². The number of aromatic nitrogens is 2. The Morgan fingerprint density at radius 2 is 0.518 bits per heavy atom. The summed E-state index contributed by atoms with van der Waals surface area (Å²) in [6.07, 6.45) is 57.5. The smallest absolute Gasteiger partial charge is 0.169 e. The quantitative estimate of drug-likeness (QED) is 0.0284. The lowest BCUT2D eigenvalue weighted by atomic mass is 10.0. The number of unbranched alkanes of at least 4 members (excludes halogenated alkanes) is 31. The van der Waals surface area contributed by atoms with E-state index in [4.69, 9.17) is 0 Å². The summed E-state index contributed by atoms with van der Waals surface area (Å²) in [6.45, 7) is 6.96. The molecule has 0 unspecified atom stereocenters. The van der Waals surface area contributed by atoms with Gasteiger partial charge in [0.05, 0.1) is 0 Å². The van der Waals surface area contributed by atoms with Crippen LogP contribution in [0.3, 0.4) is 0 Å². The maximum absolute atomic E-state index is 2.39. The molecule has 326 valence electrons. The van der Waals surface area contributed by atoms with Gasteiger partial charge in [-0.05, 0) is 37.2 Å². The van der Waals surface area contributed by atoms with E-state index in [1.165, 1.54) is 253 Å². The van der Waals surface area contributed by atoms with Gasteiger partial charge in [-0.1, -0.05) is 194 Å². The largest absolute Gasteiger partial charge is 1.00 e. The van der Waals surface area contributed by atoms with E-state index < -0.39 is 0 Å². The molecule has 0 N–H and O–H groups in total. The SMILES string of the molecule is CCCCCCCCCCCCCCCC[n+]1ccc(SCCCCCCCCSc2cc[n+](CCCCCCCCCCCCCCCC)cc2)cc1.[I-].[I-]. The minimum absolute atomic E-state index is 0. The van der Waals surface area contributed by atoms with Crippen molar-refractivity contribution in [1.82, 2.24) is 0 Å².